The normalized spacial score (nSPS) is 14.4. The van der Waals surface area contributed by atoms with Gasteiger partial charge in [-0.3, -0.25) is 0 Å². The van der Waals surface area contributed by atoms with Gasteiger partial charge in [0.05, 0.1) is 0 Å². The molecule has 0 heterocycles. The highest BCUT2D eigenvalue weighted by atomic mass is 16.5. The standard InChI is InChI=1S/C16H27NO/c1-3-5-12-18-13-11-16(4-2,14-17)15-9-7-6-8-10-15/h6-10H,3-5,11-14,17H2,1-2H3. The Morgan fingerprint density at radius 1 is 1.11 bits per heavy atom. The van der Waals surface area contributed by atoms with Crippen LogP contribution < -0.4 is 5.73 Å². The molecule has 0 aromatic heterocycles. The number of rotatable bonds is 9. The van der Waals surface area contributed by atoms with Crippen molar-refractivity contribution in [1.29, 1.82) is 0 Å². The van der Waals surface area contributed by atoms with Crippen molar-refractivity contribution in [2.45, 2.75) is 44.9 Å². The molecular weight excluding hydrogens is 222 g/mol. The van der Waals surface area contributed by atoms with Gasteiger partial charge in [0.2, 0.25) is 0 Å². The Morgan fingerprint density at radius 3 is 2.39 bits per heavy atom. The molecule has 0 saturated heterocycles. The van der Waals surface area contributed by atoms with Crippen molar-refractivity contribution in [2.24, 2.45) is 5.73 Å². The maximum Gasteiger partial charge on any atom is 0.0475 e. The van der Waals surface area contributed by atoms with Crippen molar-refractivity contribution in [2.75, 3.05) is 19.8 Å². The van der Waals surface area contributed by atoms with Crippen molar-refractivity contribution < 1.29 is 4.74 Å². The van der Waals surface area contributed by atoms with Gasteiger partial charge in [-0.1, -0.05) is 50.6 Å². The topological polar surface area (TPSA) is 35.2 Å². The smallest absolute Gasteiger partial charge is 0.0475 e. The zero-order valence-electron chi connectivity index (χ0n) is 11.8. The minimum Gasteiger partial charge on any atom is -0.381 e. The van der Waals surface area contributed by atoms with Crippen molar-refractivity contribution >= 4 is 0 Å². The summed E-state index contributed by atoms with van der Waals surface area (Å²) in [5.41, 5.74) is 7.45. The van der Waals surface area contributed by atoms with Crippen LogP contribution in [0.2, 0.25) is 0 Å². The second kappa shape index (κ2) is 8.28. The monoisotopic (exact) mass is 249 g/mol. The van der Waals surface area contributed by atoms with Crippen LogP contribution in [0.15, 0.2) is 30.3 Å². The van der Waals surface area contributed by atoms with E-state index in [1.54, 1.807) is 0 Å². The summed E-state index contributed by atoms with van der Waals surface area (Å²) in [5.74, 6) is 0. The molecule has 0 fully saturated rings. The zero-order chi connectivity index (χ0) is 13.3. The number of unbranched alkanes of at least 4 members (excludes halogenated alkanes) is 1. The lowest BCUT2D eigenvalue weighted by atomic mass is 9.75. The van der Waals surface area contributed by atoms with Crippen LogP contribution in [0.5, 0.6) is 0 Å². The highest BCUT2D eigenvalue weighted by molar-refractivity contribution is 5.25. The van der Waals surface area contributed by atoms with Crippen LogP contribution in [0, 0.1) is 0 Å². The zero-order valence-corrected chi connectivity index (χ0v) is 11.8. The van der Waals surface area contributed by atoms with Gasteiger partial charge in [0.1, 0.15) is 0 Å². The van der Waals surface area contributed by atoms with E-state index >= 15 is 0 Å². The van der Waals surface area contributed by atoms with Crippen LogP contribution in [-0.2, 0) is 10.2 Å². The lowest BCUT2D eigenvalue weighted by Gasteiger charge is -2.32. The van der Waals surface area contributed by atoms with Gasteiger partial charge in [0, 0.05) is 25.2 Å². The Balaban J connectivity index is 2.58. The Labute approximate surface area is 112 Å². The Hall–Kier alpha value is -0.860. The van der Waals surface area contributed by atoms with E-state index in [1.807, 2.05) is 0 Å². The SMILES string of the molecule is CCCCOCCC(CC)(CN)c1ccccc1. The first-order chi connectivity index (χ1) is 8.79. The van der Waals surface area contributed by atoms with Gasteiger partial charge in [-0.05, 0) is 24.8 Å². The van der Waals surface area contributed by atoms with E-state index in [1.165, 1.54) is 12.0 Å². The van der Waals surface area contributed by atoms with Gasteiger partial charge in [-0.2, -0.15) is 0 Å². The fourth-order valence-corrected chi connectivity index (χ4v) is 2.30. The molecule has 1 aromatic rings. The average molecular weight is 249 g/mol. The highest BCUT2D eigenvalue weighted by Gasteiger charge is 2.28. The van der Waals surface area contributed by atoms with Crippen LogP contribution in [0.25, 0.3) is 0 Å². The third-order valence-electron chi connectivity index (χ3n) is 3.82. The van der Waals surface area contributed by atoms with E-state index in [0.717, 1.165) is 32.5 Å². The molecule has 0 saturated carbocycles. The van der Waals surface area contributed by atoms with Gasteiger partial charge < -0.3 is 10.5 Å². The molecule has 0 radical (unpaired) electrons. The number of hydrogen-bond acceptors (Lipinski definition) is 2. The van der Waals surface area contributed by atoms with Crippen molar-refractivity contribution in [3.05, 3.63) is 35.9 Å². The molecule has 1 atom stereocenters. The molecule has 0 aliphatic heterocycles. The summed E-state index contributed by atoms with van der Waals surface area (Å²) >= 11 is 0. The van der Waals surface area contributed by atoms with E-state index < -0.39 is 0 Å². The third-order valence-corrected chi connectivity index (χ3v) is 3.82. The van der Waals surface area contributed by atoms with Gasteiger partial charge in [-0.25, -0.2) is 0 Å². The van der Waals surface area contributed by atoms with Crippen LogP contribution in [0.1, 0.15) is 45.1 Å². The number of ether oxygens (including phenoxy) is 1. The van der Waals surface area contributed by atoms with E-state index in [-0.39, 0.29) is 5.41 Å². The van der Waals surface area contributed by atoms with Crippen LogP contribution in [0.3, 0.4) is 0 Å². The van der Waals surface area contributed by atoms with Gasteiger partial charge in [-0.15, -0.1) is 0 Å². The van der Waals surface area contributed by atoms with Crippen LogP contribution in [-0.4, -0.2) is 19.8 Å². The molecule has 0 aliphatic carbocycles. The molecule has 2 heteroatoms. The largest absolute Gasteiger partial charge is 0.381 e. The van der Waals surface area contributed by atoms with Crippen molar-refractivity contribution in [1.82, 2.24) is 0 Å². The molecule has 2 N–H and O–H groups in total. The molecule has 1 aromatic carbocycles. The van der Waals surface area contributed by atoms with Crippen molar-refractivity contribution in [3.63, 3.8) is 0 Å². The van der Waals surface area contributed by atoms with Gasteiger partial charge in [0.25, 0.3) is 0 Å². The summed E-state index contributed by atoms with van der Waals surface area (Å²) in [5, 5.41) is 0. The number of hydrogen-bond donors (Lipinski definition) is 1. The number of benzene rings is 1. The maximum atomic E-state index is 6.04. The lowest BCUT2D eigenvalue weighted by molar-refractivity contribution is 0.110. The molecule has 0 aliphatic rings. The van der Waals surface area contributed by atoms with Gasteiger partial charge in [0.15, 0.2) is 0 Å². The predicted octanol–water partition coefficient (Wildman–Crippen LogP) is 3.50. The van der Waals surface area contributed by atoms with Crippen molar-refractivity contribution in [3.8, 4) is 0 Å². The van der Waals surface area contributed by atoms with E-state index in [4.69, 9.17) is 10.5 Å². The Kier molecular flexibility index (Phi) is 6.99. The molecular formula is C16H27NO. The first-order valence-electron chi connectivity index (χ1n) is 7.12. The fourth-order valence-electron chi connectivity index (χ4n) is 2.30. The first-order valence-corrected chi connectivity index (χ1v) is 7.12. The molecule has 0 bridgehead atoms. The Morgan fingerprint density at radius 2 is 1.83 bits per heavy atom. The molecule has 1 unspecified atom stereocenters. The highest BCUT2D eigenvalue weighted by Crippen LogP contribution is 2.30. The van der Waals surface area contributed by atoms with E-state index in [2.05, 4.69) is 44.2 Å². The average Bonchev–Trinajstić information content (AvgIpc) is 2.44. The summed E-state index contributed by atoms with van der Waals surface area (Å²) < 4.78 is 5.70. The fraction of sp³-hybridized carbons (Fsp3) is 0.625. The molecule has 2 nitrogen and oxygen atoms in total. The molecule has 1 rings (SSSR count). The summed E-state index contributed by atoms with van der Waals surface area (Å²) in [6, 6.07) is 10.6. The summed E-state index contributed by atoms with van der Waals surface area (Å²) in [4.78, 5) is 0. The summed E-state index contributed by atoms with van der Waals surface area (Å²) in [7, 11) is 0. The minimum absolute atomic E-state index is 0.0769. The first kappa shape index (κ1) is 15.2. The summed E-state index contributed by atoms with van der Waals surface area (Å²) in [6.07, 6.45) is 4.40. The predicted molar refractivity (Wildman–Crippen MR) is 77.8 cm³/mol. The third kappa shape index (κ3) is 4.11. The van der Waals surface area contributed by atoms with E-state index in [9.17, 15) is 0 Å². The second-order valence-electron chi connectivity index (χ2n) is 4.92. The second-order valence-corrected chi connectivity index (χ2v) is 4.92. The summed E-state index contributed by atoms with van der Waals surface area (Å²) in [6.45, 7) is 6.76. The maximum absolute atomic E-state index is 6.04. The van der Waals surface area contributed by atoms with E-state index in [0.29, 0.717) is 6.54 Å². The Bertz CT molecular complexity index is 306. The van der Waals surface area contributed by atoms with Gasteiger partial charge >= 0.3 is 0 Å². The molecule has 0 amide bonds. The quantitative estimate of drug-likeness (QED) is 0.680. The molecule has 18 heavy (non-hydrogen) atoms. The van der Waals surface area contributed by atoms with Crippen LogP contribution >= 0.6 is 0 Å². The van der Waals surface area contributed by atoms with Crippen LogP contribution in [0.4, 0.5) is 0 Å². The lowest BCUT2D eigenvalue weighted by Crippen LogP contribution is -2.35. The minimum atomic E-state index is 0.0769. The molecule has 0 spiro atoms. The number of nitrogens with two attached hydrogens (primary N) is 1. The molecule has 102 valence electrons.